The largest absolute Gasteiger partial charge is 0.331 e. The van der Waals surface area contributed by atoms with Gasteiger partial charge in [-0.25, -0.2) is 4.98 Å². The van der Waals surface area contributed by atoms with Gasteiger partial charge in [0.25, 0.3) is 0 Å². The highest BCUT2D eigenvalue weighted by molar-refractivity contribution is 8.01. The lowest BCUT2D eigenvalue weighted by Crippen LogP contribution is -2.44. The van der Waals surface area contributed by atoms with Crippen molar-refractivity contribution < 1.29 is 4.79 Å². The SMILES string of the molecule is O=C(CSc1nc(-c2ccc(Cl)cc2)cs1)NNC(=S)Nc1ccc(Cl)cc1. The zero-order valence-electron chi connectivity index (χ0n) is 14.2. The third-order valence-electron chi connectivity index (χ3n) is 3.37. The molecular formula is C18H14Cl2N4OS3. The summed E-state index contributed by atoms with van der Waals surface area (Å²) in [6.07, 6.45) is 0. The molecule has 0 bridgehead atoms. The molecule has 2 aromatic carbocycles. The molecule has 1 heterocycles. The van der Waals surface area contributed by atoms with Crippen molar-refractivity contribution >= 4 is 75.2 Å². The van der Waals surface area contributed by atoms with Gasteiger partial charge in [0, 0.05) is 26.7 Å². The molecule has 144 valence electrons. The second-order valence-electron chi connectivity index (χ2n) is 5.43. The fourth-order valence-corrected chi connectivity index (χ4v) is 4.12. The Labute approximate surface area is 185 Å². The lowest BCUT2D eigenvalue weighted by atomic mass is 10.2. The molecule has 3 rings (SSSR count). The van der Waals surface area contributed by atoms with Crippen LogP contribution in [0.1, 0.15) is 0 Å². The number of thiocarbonyl (C=S) groups is 1. The average molecular weight is 469 g/mol. The smallest absolute Gasteiger partial charge is 0.248 e. The maximum absolute atomic E-state index is 12.0. The molecule has 1 aromatic heterocycles. The Balaban J connectivity index is 1.42. The second kappa shape index (κ2) is 10.1. The van der Waals surface area contributed by atoms with Crippen LogP contribution in [0.2, 0.25) is 10.0 Å². The van der Waals surface area contributed by atoms with Crippen LogP contribution in [0, 0.1) is 0 Å². The number of halogens is 2. The van der Waals surface area contributed by atoms with Crippen LogP contribution >= 0.6 is 58.5 Å². The molecule has 5 nitrogen and oxygen atoms in total. The standard InChI is InChI=1S/C18H14Cl2N4OS3/c19-12-3-1-11(2-4-12)15-9-27-18(22-15)28-10-16(25)23-24-17(26)21-14-7-5-13(20)6-8-14/h1-9H,10H2,(H,23,25)(H2,21,24,26). The van der Waals surface area contributed by atoms with Gasteiger partial charge in [0.15, 0.2) is 9.45 Å². The highest BCUT2D eigenvalue weighted by atomic mass is 35.5. The summed E-state index contributed by atoms with van der Waals surface area (Å²) in [7, 11) is 0. The molecule has 3 aromatic rings. The zero-order valence-corrected chi connectivity index (χ0v) is 18.2. The maximum Gasteiger partial charge on any atom is 0.248 e. The van der Waals surface area contributed by atoms with Crippen molar-refractivity contribution in [3.63, 3.8) is 0 Å². The van der Waals surface area contributed by atoms with E-state index in [1.165, 1.54) is 23.1 Å². The summed E-state index contributed by atoms with van der Waals surface area (Å²) in [6, 6.07) is 14.5. The first-order valence-corrected chi connectivity index (χ1v) is 11.0. The summed E-state index contributed by atoms with van der Waals surface area (Å²) in [5.74, 6) is -0.00192. The number of nitrogens with zero attached hydrogens (tertiary/aromatic N) is 1. The Morgan fingerprint density at radius 1 is 1.04 bits per heavy atom. The fourth-order valence-electron chi connectivity index (χ4n) is 2.06. The van der Waals surface area contributed by atoms with Crippen molar-refractivity contribution in [1.82, 2.24) is 15.8 Å². The normalized spacial score (nSPS) is 10.4. The summed E-state index contributed by atoms with van der Waals surface area (Å²) in [6.45, 7) is 0. The van der Waals surface area contributed by atoms with Crippen LogP contribution < -0.4 is 16.2 Å². The predicted octanol–water partition coefficient (Wildman–Crippen LogP) is 5.23. The van der Waals surface area contributed by atoms with Gasteiger partial charge in [0.2, 0.25) is 5.91 Å². The number of carbonyl (C=O) groups is 1. The van der Waals surface area contributed by atoms with Gasteiger partial charge in [-0.1, -0.05) is 47.1 Å². The molecule has 1 amide bonds. The first-order valence-electron chi connectivity index (χ1n) is 7.95. The number of benzene rings is 2. The first-order chi connectivity index (χ1) is 13.5. The Bertz CT molecular complexity index is 962. The van der Waals surface area contributed by atoms with E-state index in [1.54, 1.807) is 24.3 Å². The predicted molar refractivity (Wildman–Crippen MR) is 122 cm³/mol. The molecule has 3 N–H and O–H groups in total. The van der Waals surface area contributed by atoms with Gasteiger partial charge in [-0.15, -0.1) is 11.3 Å². The summed E-state index contributed by atoms with van der Waals surface area (Å²) in [5, 5.41) is 6.49. The minimum atomic E-state index is -0.214. The minimum Gasteiger partial charge on any atom is -0.331 e. The lowest BCUT2D eigenvalue weighted by Gasteiger charge is -2.11. The van der Waals surface area contributed by atoms with Crippen LogP contribution in [0.15, 0.2) is 58.3 Å². The number of aromatic nitrogens is 1. The zero-order chi connectivity index (χ0) is 19.9. The van der Waals surface area contributed by atoms with E-state index >= 15 is 0 Å². The molecule has 0 saturated heterocycles. The lowest BCUT2D eigenvalue weighted by molar-refractivity contribution is -0.119. The molecule has 10 heteroatoms. The molecule has 0 unspecified atom stereocenters. The summed E-state index contributed by atoms with van der Waals surface area (Å²) in [4.78, 5) is 16.5. The number of hydrogen-bond donors (Lipinski definition) is 3. The van der Waals surface area contributed by atoms with Crippen LogP contribution in [0.4, 0.5) is 5.69 Å². The fraction of sp³-hybridized carbons (Fsp3) is 0.0556. The van der Waals surface area contributed by atoms with Gasteiger partial charge in [0.05, 0.1) is 11.4 Å². The number of hydrogen-bond acceptors (Lipinski definition) is 5. The quantitative estimate of drug-likeness (QED) is 0.270. The molecule has 0 aliphatic carbocycles. The summed E-state index contributed by atoms with van der Waals surface area (Å²) < 4.78 is 0.807. The number of anilines is 1. The van der Waals surface area contributed by atoms with Crippen molar-refractivity contribution in [2.24, 2.45) is 0 Å². The third kappa shape index (κ3) is 6.35. The van der Waals surface area contributed by atoms with Gasteiger partial charge in [-0.05, 0) is 48.6 Å². The van der Waals surface area contributed by atoms with Crippen molar-refractivity contribution in [1.29, 1.82) is 0 Å². The molecular weight excluding hydrogens is 455 g/mol. The van der Waals surface area contributed by atoms with E-state index in [-0.39, 0.29) is 16.8 Å². The maximum atomic E-state index is 12.0. The van der Waals surface area contributed by atoms with E-state index in [0.29, 0.717) is 10.0 Å². The van der Waals surface area contributed by atoms with E-state index in [1.807, 2.05) is 29.6 Å². The van der Waals surface area contributed by atoms with Gasteiger partial charge >= 0.3 is 0 Å². The molecule has 0 radical (unpaired) electrons. The van der Waals surface area contributed by atoms with Crippen molar-refractivity contribution in [2.45, 2.75) is 4.34 Å². The number of rotatable bonds is 5. The number of thiazole rings is 1. The minimum absolute atomic E-state index is 0.212. The van der Waals surface area contributed by atoms with E-state index in [4.69, 9.17) is 35.4 Å². The second-order valence-corrected chi connectivity index (χ2v) is 8.79. The monoisotopic (exact) mass is 468 g/mol. The first kappa shape index (κ1) is 20.9. The summed E-state index contributed by atoms with van der Waals surface area (Å²) in [5.41, 5.74) is 7.82. The van der Waals surface area contributed by atoms with Crippen molar-refractivity contribution in [3.8, 4) is 11.3 Å². The van der Waals surface area contributed by atoms with Gasteiger partial charge in [0.1, 0.15) is 0 Å². The molecule has 28 heavy (non-hydrogen) atoms. The molecule has 0 fully saturated rings. The van der Waals surface area contributed by atoms with Crippen LogP contribution in [-0.2, 0) is 4.79 Å². The Kier molecular flexibility index (Phi) is 7.52. The molecule has 0 spiro atoms. The van der Waals surface area contributed by atoms with Crippen molar-refractivity contribution in [3.05, 3.63) is 64.0 Å². The molecule has 0 aliphatic heterocycles. The van der Waals surface area contributed by atoms with Crippen LogP contribution in [0.25, 0.3) is 11.3 Å². The molecule has 0 aliphatic rings. The Morgan fingerprint density at radius 2 is 1.68 bits per heavy atom. The van der Waals surface area contributed by atoms with Gasteiger partial charge in [-0.3, -0.25) is 15.6 Å². The van der Waals surface area contributed by atoms with Crippen LogP contribution in [-0.4, -0.2) is 21.8 Å². The molecule has 0 atom stereocenters. The van der Waals surface area contributed by atoms with Crippen molar-refractivity contribution in [2.75, 3.05) is 11.1 Å². The summed E-state index contributed by atoms with van der Waals surface area (Å²) >= 11 is 19.7. The van der Waals surface area contributed by atoms with E-state index in [0.717, 1.165) is 21.3 Å². The Morgan fingerprint density at radius 3 is 2.36 bits per heavy atom. The van der Waals surface area contributed by atoms with E-state index in [2.05, 4.69) is 21.2 Å². The highest BCUT2D eigenvalue weighted by Gasteiger charge is 2.08. The van der Waals surface area contributed by atoms with Crippen LogP contribution in [0.3, 0.4) is 0 Å². The molecule has 0 saturated carbocycles. The highest BCUT2D eigenvalue weighted by Crippen LogP contribution is 2.28. The number of carbonyl (C=O) groups excluding carboxylic acids is 1. The number of nitrogens with one attached hydrogen (secondary N) is 3. The topological polar surface area (TPSA) is 66.0 Å². The number of thioether (sulfide) groups is 1. The average Bonchev–Trinajstić information content (AvgIpc) is 3.16. The van der Waals surface area contributed by atoms with Gasteiger partial charge < -0.3 is 5.32 Å². The van der Waals surface area contributed by atoms with Gasteiger partial charge in [-0.2, -0.15) is 0 Å². The van der Waals surface area contributed by atoms with E-state index < -0.39 is 0 Å². The number of hydrazine groups is 1. The van der Waals surface area contributed by atoms with Crippen LogP contribution in [0.5, 0.6) is 0 Å². The number of amides is 1. The third-order valence-corrected chi connectivity index (χ3v) is 6.10. The Hall–Kier alpha value is -1.84. The van der Waals surface area contributed by atoms with E-state index in [9.17, 15) is 4.79 Å².